The van der Waals surface area contributed by atoms with Crippen LogP contribution in [0.4, 0.5) is 10.5 Å². The predicted octanol–water partition coefficient (Wildman–Crippen LogP) is 1.68. The van der Waals surface area contributed by atoms with Crippen molar-refractivity contribution in [3.8, 4) is 11.4 Å². The minimum atomic E-state index is -0.673. The van der Waals surface area contributed by atoms with Crippen molar-refractivity contribution in [1.82, 2.24) is 25.5 Å². The van der Waals surface area contributed by atoms with Crippen molar-refractivity contribution >= 4 is 29.0 Å². The molecule has 10 heteroatoms. The lowest BCUT2D eigenvalue weighted by Crippen LogP contribution is -2.34. The average Bonchev–Trinajstić information content (AvgIpc) is 3.25. The van der Waals surface area contributed by atoms with E-state index in [9.17, 15) is 9.59 Å². The van der Waals surface area contributed by atoms with Crippen LogP contribution in [0.25, 0.3) is 11.4 Å². The summed E-state index contributed by atoms with van der Waals surface area (Å²) in [6, 6.07) is 9.76. The van der Waals surface area contributed by atoms with Crippen LogP contribution in [-0.4, -0.2) is 32.1 Å². The molecule has 0 fully saturated rings. The van der Waals surface area contributed by atoms with Crippen LogP contribution in [0.5, 0.6) is 0 Å². The minimum Gasteiger partial charge on any atom is -0.352 e. The van der Waals surface area contributed by atoms with Gasteiger partial charge in [-0.05, 0) is 34.0 Å². The van der Waals surface area contributed by atoms with Gasteiger partial charge in [-0.15, -0.1) is 16.4 Å². The number of carbonyl (C=O) groups excluding carboxylic acids is 2. The molecule has 0 aliphatic heterocycles. The van der Waals surface area contributed by atoms with Crippen molar-refractivity contribution in [3.63, 3.8) is 0 Å². The first-order valence-corrected chi connectivity index (χ1v) is 8.63. The number of urea groups is 1. The fraction of sp³-hybridized carbons (Fsp3) is 0.188. The van der Waals surface area contributed by atoms with Crippen molar-refractivity contribution in [2.75, 3.05) is 5.32 Å². The van der Waals surface area contributed by atoms with Gasteiger partial charge in [0.25, 0.3) is 0 Å². The van der Waals surface area contributed by atoms with Crippen LogP contribution < -0.4 is 16.4 Å². The Bertz CT molecular complexity index is 907. The van der Waals surface area contributed by atoms with Gasteiger partial charge in [-0.2, -0.15) is 0 Å². The van der Waals surface area contributed by atoms with E-state index in [0.717, 1.165) is 10.4 Å². The molecule has 0 bridgehead atoms. The number of primary amides is 1. The highest BCUT2D eigenvalue weighted by Crippen LogP contribution is 2.24. The molecule has 3 rings (SSSR count). The molecule has 2 aromatic heterocycles. The Morgan fingerprint density at radius 1 is 1.31 bits per heavy atom. The van der Waals surface area contributed by atoms with Gasteiger partial charge in [0.15, 0.2) is 5.82 Å². The Morgan fingerprint density at radius 2 is 2.15 bits per heavy atom. The Balaban J connectivity index is 1.71. The number of nitrogens with two attached hydrogens (primary N) is 1. The molecule has 2 heterocycles. The maximum Gasteiger partial charge on any atom is 0.312 e. The van der Waals surface area contributed by atoms with Crippen LogP contribution in [0.2, 0.25) is 0 Å². The van der Waals surface area contributed by atoms with E-state index in [4.69, 9.17) is 5.73 Å². The second kappa shape index (κ2) is 7.74. The van der Waals surface area contributed by atoms with Crippen LogP contribution in [0.1, 0.15) is 17.3 Å². The van der Waals surface area contributed by atoms with Gasteiger partial charge in [-0.3, -0.25) is 4.79 Å². The molecule has 3 aromatic rings. The van der Waals surface area contributed by atoms with Crippen molar-refractivity contribution in [2.45, 2.75) is 12.5 Å². The predicted molar refractivity (Wildman–Crippen MR) is 97.3 cm³/mol. The number of hydrogen-bond donors (Lipinski definition) is 3. The van der Waals surface area contributed by atoms with Crippen molar-refractivity contribution in [3.05, 3.63) is 46.7 Å². The second-order valence-corrected chi connectivity index (χ2v) is 6.52. The number of thiophene rings is 1. The lowest BCUT2D eigenvalue weighted by atomic mass is 10.1. The van der Waals surface area contributed by atoms with Crippen LogP contribution in [-0.2, 0) is 11.8 Å². The first-order chi connectivity index (χ1) is 12.5. The van der Waals surface area contributed by atoms with E-state index in [-0.39, 0.29) is 12.3 Å². The number of hydrogen-bond acceptors (Lipinski definition) is 6. The molecule has 0 saturated heterocycles. The summed E-state index contributed by atoms with van der Waals surface area (Å²) in [5.41, 5.74) is 6.61. The monoisotopic (exact) mass is 371 g/mol. The molecule has 9 nitrogen and oxygen atoms in total. The molecule has 0 aliphatic rings. The highest BCUT2D eigenvalue weighted by Gasteiger charge is 2.18. The van der Waals surface area contributed by atoms with Crippen LogP contribution in [0.3, 0.4) is 0 Å². The third-order valence-electron chi connectivity index (χ3n) is 3.62. The summed E-state index contributed by atoms with van der Waals surface area (Å²) in [6.07, 6.45) is 0.0686. The zero-order valence-electron chi connectivity index (χ0n) is 13.9. The number of aryl methyl sites for hydroxylation is 1. The molecule has 134 valence electrons. The molecule has 4 N–H and O–H groups in total. The topological polar surface area (TPSA) is 128 Å². The van der Waals surface area contributed by atoms with Gasteiger partial charge in [0.2, 0.25) is 5.91 Å². The van der Waals surface area contributed by atoms with Gasteiger partial charge < -0.3 is 16.4 Å². The number of nitrogens with zero attached hydrogens (tertiary/aromatic N) is 4. The maximum absolute atomic E-state index is 12.4. The van der Waals surface area contributed by atoms with Crippen molar-refractivity contribution in [2.24, 2.45) is 12.8 Å². The van der Waals surface area contributed by atoms with E-state index in [1.165, 1.54) is 11.3 Å². The Labute approximate surface area is 153 Å². The van der Waals surface area contributed by atoms with E-state index >= 15 is 0 Å². The fourth-order valence-electron chi connectivity index (χ4n) is 2.49. The van der Waals surface area contributed by atoms with Gasteiger partial charge in [0.1, 0.15) is 0 Å². The Morgan fingerprint density at radius 3 is 2.81 bits per heavy atom. The number of anilines is 1. The first kappa shape index (κ1) is 17.5. The molecule has 3 amide bonds. The molecular formula is C16H17N7O2S. The SMILES string of the molecule is Cn1nnnc1-c1cccc(NC(=O)CC(NC(N)=O)c2cccs2)c1. The number of carbonyl (C=O) groups is 2. The van der Waals surface area contributed by atoms with E-state index in [2.05, 4.69) is 26.2 Å². The van der Waals surface area contributed by atoms with Crippen LogP contribution in [0, 0.1) is 0 Å². The van der Waals surface area contributed by atoms with Gasteiger partial charge in [0.05, 0.1) is 12.5 Å². The summed E-state index contributed by atoms with van der Waals surface area (Å²) in [7, 11) is 1.74. The molecular weight excluding hydrogens is 354 g/mol. The molecule has 0 aliphatic carbocycles. The number of tetrazole rings is 1. The highest BCUT2D eigenvalue weighted by molar-refractivity contribution is 7.10. The molecule has 0 saturated carbocycles. The summed E-state index contributed by atoms with van der Waals surface area (Å²) >= 11 is 1.45. The van der Waals surface area contributed by atoms with E-state index in [1.807, 2.05) is 23.6 Å². The molecule has 1 unspecified atom stereocenters. The van der Waals surface area contributed by atoms with E-state index < -0.39 is 12.1 Å². The standard InChI is InChI=1S/C16H17N7O2S/c1-23-15(20-21-22-23)10-4-2-5-11(8-10)18-14(24)9-12(19-16(17)25)13-6-3-7-26-13/h2-8,12H,9H2,1H3,(H,18,24)(H3,17,19,25). The Kier molecular flexibility index (Phi) is 5.23. The summed E-state index contributed by atoms with van der Waals surface area (Å²) in [4.78, 5) is 24.5. The quantitative estimate of drug-likeness (QED) is 0.607. The largest absolute Gasteiger partial charge is 0.352 e. The summed E-state index contributed by atoms with van der Waals surface area (Å²) < 4.78 is 1.55. The zero-order valence-corrected chi connectivity index (χ0v) is 14.7. The summed E-state index contributed by atoms with van der Waals surface area (Å²) in [5, 5.41) is 18.7. The van der Waals surface area contributed by atoms with Crippen molar-refractivity contribution < 1.29 is 9.59 Å². The highest BCUT2D eigenvalue weighted by atomic mass is 32.1. The van der Waals surface area contributed by atoms with Crippen LogP contribution >= 0.6 is 11.3 Å². The number of amides is 3. The number of nitrogens with one attached hydrogen (secondary N) is 2. The zero-order chi connectivity index (χ0) is 18.5. The number of benzene rings is 1. The Hall–Kier alpha value is -3.27. The molecule has 1 aromatic carbocycles. The molecule has 26 heavy (non-hydrogen) atoms. The third kappa shape index (κ3) is 4.22. The van der Waals surface area contributed by atoms with E-state index in [0.29, 0.717) is 11.5 Å². The van der Waals surface area contributed by atoms with E-state index in [1.54, 1.807) is 29.9 Å². The van der Waals surface area contributed by atoms with Gasteiger partial charge in [-0.25, -0.2) is 9.48 Å². The fourth-order valence-corrected chi connectivity index (χ4v) is 3.27. The van der Waals surface area contributed by atoms with Crippen molar-refractivity contribution in [1.29, 1.82) is 0 Å². The van der Waals surface area contributed by atoms with Crippen LogP contribution in [0.15, 0.2) is 41.8 Å². The molecule has 0 radical (unpaired) electrons. The molecule has 0 spiro atoms. The maximum atomic E-state index is 12.4. The summed E-state index contributed by atoms with van der Waals surface area (Å²) in [6.45, 7) is 0. The average molecular weight is 371 g/mol. The first-order valence-electron chi connectivity index (χ1n) is 7.75. The second-order valence-electron chi connectivity index (χ2n) is 5.54. The smallest absolute Gasteiger partial charge is 0.312 e. The normalized spacial score (nSPS) is 11.7. The number of rotatable bonds is 6. The molecule has 1 atom stereocenters. The van der Waals surface area contributed by atoms with Gasteiger partial charge >= 0.3 is 6.03 Å². The van der Waals surface area contributed by atoms with Gasteiger partial charge in [-0.1, -0.05) is 18.2 Å². The minimum absolute atomic E-state index is 0.0686. The number of aromatic nitrogens is 4. The lowest BCUT2D eigenvalue weighted by Gasteiger charge is -2.16. The lowest BCUT2D eigenvalue weighted by molar-refractivity contribution is -0.116. The summed E-state index contributed by atoms with van der Waals surface area (Å²) in [5.74, 6) is 0.346. The third-order valence-corrected chi connectivity index (χ3v) is 4.60. The van der Waals surface area contributed by atoms with Gasteiger partial charge in [0, 0.05) is 23.2 Å².